The van der Waals surface area contributed by atoms with E-state index in [0.29, 0.717) is 13.2 Å². The zero-order valence-corrected chi connectivity index (χ0v) is 18.5. The first kappa shape index (κ1) is 26.8. The number of unbranched alkanes of at least 4 members (excludes halogenated alkanes) is 13. The standard InChI is InChI=1S/C21H43O5P/c1-3-4-5-6-7-8-9-10-11-12-13-14-15-16-18-26-20-21(25-2)17-19-27(22,23)24/h17,19,21H,3-16,18,20H2,1-2H3,(H2,22,23,24)/b19-17+. The third-order valence-electron chi connectivity index (χ3n) is 4.72. The Morgan fingerprint density at radius 2 is 1.26 bits per heavy atom. The molecule has 6 heteroatoms. The lowest BCUT2D eigenvalue weighted by molar-refractivity contribution is 0.0318. The second-order valence-corrected chi connectivity index (χ2v) is 8.85. The second-order valence-electron chi connectivity index (χ2n) is 7.38. The van der Waals surface area contributed by atoms with Crippen LogP contribution in [0.15, 0.2) is 11.9 Å². The molecule has 27 heavy (non-hydrogen) atoms. The van der Waals surface area contributed by atoms with E-state index in [4.69, 9.17) is 19.3 Å². The Hall–Kier alpha value is -0.190. The first-order chi connectivity index (χ1) is 13.0. The lowest BCUT2D eigenvalue weighted by Crippen LogP contribution is -2.16. The van der Waals surface area contributed by atoms with Crippen LogP contribution in [0.5, 0.6) is 0 Å². The predicted molar refractivity (Wildman–Crippen MR) is 113 cm³/mol. The first-order valence-corrected chi connectivity index (χ1v) is 12.5. The Bertz CT molecular complexity index is 381. The van der Waals surface area contributed by atoms with Crippen LogP contribution in [0.2, 0.25) is 0 Å². The molecule has 0 aromatic rings. The van der Waals surface area contributed by atoms with Crippen LogP contribution >= 0.6 is 7.60 Å². The van der Waals surface area contributed by atoms with E-state index in [0.717, 1.165) is 12.2 Å². The summed E-state index contributed by atoms with van der Waals surface area (Å²) in [6.07, 6.45) is 19.6. The van der Waals surface area contributed by atoms with Gasteiger partial charge in [-0.3, -0.25) is 4.57 Å². The summed E-state index contributed by atoms with van der Waals surface area (Å²) in [4.78, 5) is 17.6. The molecule has 1 atom stereocenters. The maximum absolute atomic E-state index is 10.8. The van der Waals surface area contributed by atoms with Gasteiger partial charge in [0.1, 0.15) is 0 Å². The van der Waals surface area contributed by atoms with Crippen molar-refractivity contribution >= 4 is 7.60 Å². The van der Waals surface area contributed by atoms with Gasteiger partial charge in [0.05, 0.1) is 12.7 Å². The molecule has 0 aliphatic carbocycles. The fourth-order valence-electron chi connectivity index (χ4n) is 3.01. The van der Waals surface area contributed by atoms with E-state index in [-0.39, 0.29) is 0 Å². The van der Waals surface area contributed by atoms with Gasteiger partial charge in [-0.25, -0.2) is 0 Å². The molecule has 2 N–H and O–H groups in total. The number of rotatable bonds is 20. The average Bonchev–Trinajstić information content (AvgIpc) is 2.63. The summed E-state index contributed by atoms with van der Waals surface area (Å²) >= 11 is 0. The Labute approximate surface area is 167 Å². The van der Waals surface area contributed by atoms with Crippen molar-refractivity contribution in [3.05, 3.63) is 11.9 Å². The number of hydrogen-bond acceptors (Lipinski definition) is 3. The van der Waals surface area contributed by atoms with Crippen LogP contribution in [0.25, 0.3) is 0 Å². The van der Waals surface area contributed by atoms with Crippen molar-refractivity contribution in [2.75, 3.05) is 20.3 Å². The lowest BCUT2D eigenvalue weighted by atomic mass is 10.0. The molecule has 0 heterocycles. The van der Waals surface area contributed by atoms with Gasteiger partial charge in [0, 0.05) is 19.5 Å². The maximum atomic E-state index is 10.8. The molecule has 162 valence electrons. The highest BCUT2D eigenvalue weighted by molar-refractivity contribution is 7.55. The van der Waals surface area contributed by atoms with Crippen molar-refractivity contribution in [2.24, 2.45) is 0 Å². The van der Waals surface area contributed by atoms with Gasteiger partial charge in [-0.05, 0) is 12.5 Å². The predicted octanol–water partition coefficient (Wildman–Crippen LogP) is 6.19. The van der Waals surface area contributed by atoms with Gasteiger partial charge in [0.15, 0.2) is 0 Å². The molecule has 0 radical (unpaired) electrons. The van der Waals surface area contributed by atoms with Crippen molar-refractivity contribution < 1.29 is 23.8 Å². The summed E-state index contributed by atoms with van der Waals surface area (Å²) in [5.41, 5.74) is 0. The summed E-state index contributed by atoms with van der Waals surface area (Å²) in [6.45, 7) is 3.26. The molecule has 0 aromatic heterocycles. The minimum atomic E-state index is -4.12. The molecule has 5 nitrogen and oxygen atoms in total. The lowest BCUT2D eigenvalue weighted by Gasteiger charge is -2.11. The third kappa shape index (κ3) is 22.0. The zero-order chi connectivity index (χ0) is 20.2. The molecule has 0 rings (SSSR count). The van der Waals surface area contributed by atoms with Crippen LogP contribution in [0.3, 0.4) is 0 Å². The molecule has 0 aromatic carbocycles. The van der Waals surface area contributed by atoms with E-state index < -0.39 is 13.7 Å². The molecule has 0 spiro atoms. The van der Waals surface area contributed by atoms with Gasteiger partial charge >= 0.3 is 7.60 Å². The maximum Gasteiger partial charge on any atom is 0.348 e. The van der Waals surface area contributed by atoms with E-state index in [1.165, 1.54) is 96.7 Å². The van der Waals surface area contributed by atoms with Crippen molar-refractivity contribution in [1.29, 1.82) is 0 Å². The van der Waals surface area contributed by atoms with E-state index in [9.17, 15) is 4.57 Å². The molecule has 0 amide bonds. The van der Waals surface area contributed by atoms with Crippen molar-refractivity contribution in [2.45, 2.75) is 103 Å². The largest absolute Gasteiger partial charge is 0.378 e. The molecular weight excluding hydrogens is 363 g/mol. The van der Waals surface area contributed by atoms with Gasteiger partial charge in [0.2, 0.25) is 0 Å². The van der Waals surface area contributed by atoms with Crippen molar-refractivity contribution in [3.63, 3.8) is 0 Å². The number of ether oxygens (including phenoxy) is 2. The van der Waals surface area contributed by atoms with Crippen molar-refractivity contribution in [1.82, 2.24) is 0 Å². The summed E-state index contributed by atoms with van der Waals surface area (Å²) in [5, 5.41) is 0. The summed E-state index contributed by atoms with van der Waals surface area (Å²) in [5.74, 6) is 0.872. The Kier molecular flexibility index (Phi) is 19.0. The Morgan fingerprint density at radius 1 is 0.815 bits per heavy atom. The average molecular weight is 407 g/mol. The monoisotopic (exact) mass is 406 g/mol. The normalized spacial score (nSPS) is 13.5. The molecule has 0 aliphatic heterocycles. The van der Waals surface area contributed by atoms with E-state index in [1.807, 2.05) is 0 Å². The van der Waals surface area contributed by atoms with E-state index in [2.05, 4.69) is 6.92 Å². The Balaban J connectivity index is 3.31. The van der Waals surface area contributed by atoms with Crippen LogP contribution in [0.1, 0.15) is 96.8 Å². The minimum absolute atomic E-state index is 0.325. The van der Waals surface area contributed by atoms with Crippen LogP contribution in [0.4, 0.5) is 0 Å². The molecule has 0 bridgehead atoms. The molecule has 0 fully saturated rings. The zero-order valence-electron chi connectivity index (χ0n) is 17.6. The van der Waals surface area contributed by atoms with Crippen LogP contribution in [-0.4, -0.2) is 36.2 Å². The van der Waals surface area contributed by atoms with Crippen LogP contribution in [-0.2, 0) is 14.0 Å². The van der Waals surface area contributed by atoms with Gasteiger partial charge in [-0.1, -0.05) is 90.4 Å². The van der Waals surface area contributed by atoms with Gasteiger partial charge in [-0.2, -0.15) is 0 Å². The van der Waals surface area contributed by atoms with Crippen LogP contribution < -0.4 is 0 Å². The number of hydrogen-bond donors (Lipinski definition) is 2. The minimum Gasteiger partial charge on any atom is -0.378 e. The molecule has 0 saturated carbocycles. The molecule has 0 saturated heterocycles. The summed E-state index contributed by atoms with van der Waals surface area (Å²) in [7, 11) is -2.62. The summed E-state index contributed by atoms with van der Waals surface area (Å²) < 4.78 is 21.4. The summed E-state index contributed by atoms with van der Waals surface area (Å²) in [6, 6.07) is 0. The number of methoxy groups -OCH3 is 1. The highest BCUT2D eigenvalue weighted by Crippen LogP contribution is 2.36. The van der Waals surface area contributed by atoms with Gasteiger partial charge in [-0.15, -0.1) is 0 Å². The fourth-order valence-corrected chi connectivity index (χ4v) is 3.42. The molecule has 1 unspecified atom stereocenters. The van der Waals surface area contributed by atoms with Crippen LogP contribution in [0, 0.1) is 0 Å². The first-order valence-electron chi connectivity index (χ1n) is 10.8. The van der Waals surface area contributed by atoms with E-state index >= 15 is 0 Å². The topological polar surface area (TPSA) is 76.0 Å². The van der Waals surface area contributed by atoms with Crippen molar-refractivity contribution in [3.8, 4) is 0 Å². The highest BCUT2D eigenvalue weighted by atomic mass is 31.2. The molecular formula is C21H43O5P. The fraction of sp³-hybridized carbons (Fsp3) is 0.905. The molecule has 0 aliphatic rings. The van der Waals surface area contributed by atoms with Gasteiger partial charge < -0.3 is 19.3 Å². The SMILES string of the molecule is CCCCCCCCCCCCCCCCOCC(/C=C/P(=O)(O)O)OC. The third-order valence-corrected chi connectivity index (χ3v) is 5.28. The van der Waals surface area contributed by atoms with Gasteiger partial charge in [0.25, 0.3) is 0 Å². The smallest absolute Gasteiger partial charge is 0.348 e. The quantitative estimate of drug-likeness (QED) is 0.186. The Morgan fingerprint density at radius 3 is 1.67 bits per heavy atom. The second kappa shape index (κ2) is 19.1. The van der Waals surface area contributed by atoms with E-state index in [1.54, 1.807) is 0 Å². The highest BCUT2D eigenvalue weighted by Gasteiger charge is 2.09.